The van der Waals surface area contributed by atoms with Crippen molar-refractivity contribution in [2.45, 2.75) is 142 Å². The topological polar surface area (TPSA) is 131 Å². The number of carbonyl (C=O) groups is 1. The van der Waals surface area contributed by atoms with Crippen LogP contribution in [-0.2, 0) is 18.4 Å². The van der Waals surface area contributed by atoms with E-state index in [0.717, 1.165) is 44.9 Å². The molecule has 3 atom stereocenters. The lowest BCUT2D eigenvalue weighted by atomic mass is 10.0. The molecule has 0 saturated carbocycles. The number of amides is 1. The van der Waals surface area contributed by atoms with Crippen molar-refractivity contribution >= 4 is 13.7 Å². The van der Waals surface area contributed by atoms with Gasteiger partial charge in [-0.3, -0.25) is 13.8 Å². The van der Waals surface area contributed by atoms with E-state index in [-0.39, 0.29) is 32.1 Å². The zero-order valence-electron chi connectivity index (χ0n) is 28.3. The largest absolute Gasteiger partial charge is 0.472 e. The minimum atomic E-state index is -4.35. The minimum Gasteiger partial charge on any atom is -0.387 e. The number of carbonyl (C=O) groups excluding carboxylic acids is 1. The average Bonchev–Trinajstić information content (AvgIpc) is 3.02. The van der Waals surface area contributed by atoms with E-state index < -0.39 is 20.0 Å². The Labute approximate surface area is 274 Å². The molecule has 0 aliphatic heterocycles. The number of aliphatic hydroxyl groups excluding tert-OH is 1. The number of nitrogens with two attached hydrogens (primary N) is 1. The Morgan fingerprint density at radius 1 is 0.756 bits per heavy atom. The fourth-order valence-electron chi connectivity index (χ4n) is 4.49. The van der Waals surface area contributed by atoms with E-state index >= 15 is 0 Å². The van der Waals surface area contributed by atoms with Gasteiger partial charge in [0.25, 0.3) is 0 Å². The van der Waals surface area contributed by atoms with Gasteiger partial charge in [-0.2, -0.15) is 0 Å². The van der Waals surface area contributed by atoms with Crippen LogP contribution in [0.1, 0.15) is 129 Å². The van der Waals surface area contributed by atoms with E-state index in [1.165, 1.54) is 57.8 Å². The van der Waals surface area contributed by atoms with Gasteiger partial charge in [0.05, 0.1) is 25.4 Å². The van der Waals surface area contributed by atoms with Gasteiger partial charge >= 0.3 is 7.82 Å². The van der Waals surface area contributed by atoms with Crippen LogP contribution in [0.25, 0.3) is 0 Å². The molecule has 0 aromatic heterocycles. The SMILES string of the molecule is CC/C=C\C/C=C\C/C=C\C/C=C\CCC(=O)NC(COP(=O)(O)OCCN)C(O)/C=C/CCCCCCCCCCCCC. The summed E-state index contributed by atoms with van der Waals surface area (Å²) < 4.78 is 21.9. The third-order valence-corrected chi connectivity index (χ3v) is 8.10. The van der Waals surface area contributed by atoms with Gasteiger partial charge in [0, 0.05) is 13.0 Å². The summed E-state index contributed by atoms with van der Waals surface area (Å²) in [5, 5.41) is 13.5. The van der Waals surface area contributed by atoms with Crippen LogP contribution in [0.3, 0.4) is 0 Å². The quantitative estimate of drug-likeness (QED) is 0.0334. The predicted molar refractivity (Wildman–Crippen MR) is 189 cm³/mol. The maximum atomic E-state index is 12.6. The lowest BCUT2D eigenvalue weighted by Crippen LogP contribution is -2.45. The first-order valence-corrected chi connectivity index (χ1v) is 18.9. The standard InChI is InChI=1S/C36H65N2O6P/c1-3-5-7-9-11-13-15-17-19-21-23-25-27-29-35(39)34(33-44-45(41,42)43-32-31-37)38-36(40)30-28-26-24-22-20-18-16-14-12-10-8-6-4-2/h6,8,12,14,18,20,24,26-27,29,34-35,39H,3-5,7,9-11,13,15-17,19,21-23,25,28,30-33,37H2,1-2H3,(H,38,40)(H,41,42)/b8-6-,14-12-,20-18-,26-24-,29-27+. The summed E-state index contributed by atoms with van der Waals surface area (Å²) in [6.07, 6.45) is 38.5. The van der Waals surface area contributed by atoms with E-state index in [2.05, 4.69) is 55.6 Å². The zero-order valence-corrected chi connectivity index (χ0v) is 29.2. The van der Waals surface area contributed by atoms with E-state index in [1.54, 1.807) is 6.08 Å². The number of allylic oxidation sites excluding steroid dienone is 9. The first kappa shape index (κ1) is 43.2. The van der Waals surface area contributed by atoms with Gasteiger partial charge in [0.2, 0.25) is 5.91 Å². The number of phosphoric ester groups is 1. The summed E-state index contributed by atoms with van der Waals surface area (Å²) in [6.45, 7) is 3.92. The van der Waals surface area contributed by atoms with Crippen molar-refractivity contribution in [1.29, 1.82) is 0 Å². The molecule has 0 aromatic carbocycles. The average molecular weight is 653 g/mol. The Bertz CT molecular complexity index is 887. The summed E-state index contributed by atoms with van der Waals surface area (Å²) in [7, 11) is -4.35. The molecule has 3 unspecified atom stereocenters. The molecule has 0 heterocycles. The maximum absolute atomic E-state index is 12.6. The lowest BCUT2D eigenvalue weighted by Gasteiger charge is -2.23. The fraction of sp³-hybridized carbons (Fsp3) is 0.694. The molecular formula is C36H65N2O6P. The number of hydrogen-bond donors (Lipinski definition) is 4. The Morgan fingerprint density at radius 3 is 1.84 bits per heavy atom. The van der Waals surface area contributed by atoms with Gasteiger partial charge in [0.1, 0.15) is 0 Å². The molecule has 1 amide bonds. The smallest absolute Gasteiger partial charge is 0.387 e. The highest BCUT2D eigenvalue weighted by molar-refractivity contribution is 7.47. The molecule has 0 saturated heterocycles. The highest BCUT2D eigenvalue weighted by atomic mass is 31.2. The first-order valence-electron chi connectivity index (χ1n) is 17.4. The predicted octanol–water partition coefficient (Wildman–Crippen LogP) is 8.77. The minimum absolute atomic E-state index is 0.0653. The molecule has 0 fully saturated rings. The van der Waals surface area contributed by atoms with Crippen LogP contribution in [0.5, 0.6) is 0 Å². The summed E-state index contributed by atoms with van der Waals surface area (Å²) in [6, 6.07) is -0.898. The van der Waals surface area contributed by atoms with Crippen molar-refractivity contribution in [1.82, 2.24) is 5.32 Å². The number of unbranched alkanes of at least 4 members (excludes halogenated alkanes) is 11. The molecular weight excluding hydrogens is 587 g/mol. The van der Waals surface area contributed by atoms with Gasteiger partial charge in [0.15, 0.2) is 0 Å². The molecule has 9 heteroatoms. The van der Waals surface area contributed by atoms with Crippen molar-refractivity contribution in [2.75, 3.05) is 19.8 Å². The zero-order chi connectivity index (χ0) is 33.3. The van der Waals surface area contributed by atoms with Crippen molar-refractivity contribution < 1.29 is 28.4 Å². The fourth-order valence-corrected chi connectivity index (χ4v) is 5.25. The molecule has 0 bridgehead atoms. The van der Waals surface area contributed by atoms with Gasteiger partial charge in [-0.05, 0) is 44.9 Å². The van der Waals surface area contributed by atoms with Crippen LogP contribution >= 0.6 is 7.82 Å². The van der Waals surface area contributed by atoms with Gasteiger partial charge in [-0.25, -0.2) is 4.57 Å². The van der Waals surface area contributed by atoms with Gasteiger partial charge in [-0.1, -0.05) is 139 Å². The van der Waals surface area contributed by atoms with Crippen LogP contribution < -0.4 is 11.1 Å². The lowest BCUT2D eigenvalue weighted by molar-refractivity contribution is -0.122. The first-order chi connectivity index (χ1) is 21.9. The molecule has 0 spiro atoms. The van der Waals surface area contributed by atoms with E-state index in [4.69, 9.17) is 14.8 Å². The number of hydrogen-bond acceptors (Lipinski definition) is 6. The molecule has 0 aromatic rings. The summed E-state index contributed by atoms with van der Waals surface area (Å²) in [5.41, 5.74) is 5.34. The number of nitrogens with one attached hydrogen (secondary N) is 1. The Kier molecular flexibility index (Phi) is 30.9. The highest BCUT2D eigenvalue weighted by Gasteiger charge is 2.26. The van der Waals surface area contributed by atoms with Gasteiger partial charge < -0.3 is 21.1 Å². The number of rotatable bonds is 31. The molecule has 0 aliphatic carbocycles. The molecule has 260 valence electrons. The van der Waals surface area contributed by atoms with Crippen LogP contribution in [0.4, 0.5) is 0 Å². The van der Waals surface area contributed by atoms with Crippen LogP contribution in [0.2, 0.25) is 0 Å². The molecule has 8 nitrogen and oxygen atoms in total. The van der Waals surface area contributed by atoms with Crippen LogP contribution in [0.15, 0.2) is 60.8 Å². The van der Waals surface area contributed by atoms with Crippen molar-refractivity contribution in [2.24, 2.45) is 5.73 Å². The summed E-state index contributed by atoms with van der Waals surface area (Å²) in [4.78, 5) is 22.5. The Morgan fingerprint density at radius 2 is 1.29 bits per heavy atom. The normalized spacial score (nSPS) is 15.2. The van der Waals surface area contributed by atoms with Crippen LogP contribution in [-0.4, -0.2) is 47.8 Å². The summed E-state index contributed by atoms with van der Waals surface area (Å²) in [5.74, 6) is -0.278. The molecule has 0 radical (unpaired) electrons. The Hall–Kier alpha value is -1.80. The molecule has 45 heavy (non-hydrogen) atoms. The van der Waals surface area contributed by atoms with Crippen molar-refractivity contribution in [3.63, 3.8) is 0 Å². The molecule has 5 N–H and O–H groups in total. The molecule has 0 rings (SSSR count). The van der Waals surface area contributed by atoms with Gasteiger partial charge in [-0.15, -0.1) is 0 Å². The van der Waals surface area contributed by atoms with E-state index in [9.17, 15) is 19.4 Å². The maximum Gasteiger partial charge on any atom is 0.472 e. The molecule has 0 aliphatic rings. The third kappa shape index (κ3) is 30.6. The number of aliphatic hydroxyl groups is 1. The third-order valence-electron chi connectivity index (χ3n) is 7.11. The second-order valence-corrected chi connectivity index (χ2v) is 12.8. The monoisotopic (exact) mass is 652 g/mol. The highest BCUT2D eigenvalue weighted by Crippen LogP contribution is 2.43. The Balaban J connectivity index is 4.52. The van der Waals surface area contributed by atoms with Crippen molar-refractivity contribution in [3.05, 3.63) is 60.8 Å². The summed E-state index contributed by atoms with van der Waals surface area (Å²) >= 11 is 0. The van der Waals surface area contributed by atoms with Crippen molar-refractivity contribution in [3.8, 4) is 0 Å². The number of phosphoric acid groups is 1. The second kappa shape index (κ2) is 32.2. The van der Waals surface area contributed by atoms with E-state index in [1.807, 2.05) is 18.2 Å². The van der Waals surface area contributed by atoms with E-state index in [0.29, 0.717) is 6.42 Å². The second-order valence-electron chi connectivity index (χ2n) is 11.3. The van der Waals surface area contributed by atoms with Crippen LogP contribution in [0, 0.1) is 0 Å².